The molecule has 0 saturated carbocycles. The molecule has 1 N–H and O–H groups in total. The second kappa shape index (κ2) is 6.78. The number of nitro groups is 1. The number of rotatable bonds is 6. The van der Waals surface area contributed by atoms with Gasteiger partial charge in [0.1, 0.15) is 6.20 Å². The zero-order valence-electron chi connectivity index (χ0n) is 12.1. The summed E-state index contributed by atoms with van der Waals surface area (Å²) in [7, 11) is 0. The number of carbonyl (C=O) groups excluding carboxylic acids is 1. The van der Waals surface area contributed by atoms with Gasteiger partial charge in [0.05, 0.1) is 22.6 Å². The highest BCUT2D eigenvalue weighted by Crippen LogP contribution is 2.18. The van der Waals surface area contributed by atoms with Gasteiger partial charge in [0.2, 0.25) is 0 Å². The molecule has 0 unspecified atom stereocenters. The van der Waals surface area contributed by atoms with Gasteiger partial charge in [0, 0.05) is 18.7 Å². The van der Waals surface area contributed by atoms with E-state index < -0.39 is 16.8 Å². The van der Waals surface area contributed by atoms with E-state index in [2.05, 4.69) is 4.98 Å². The fourth-order valence-electron chi connectivity index (χ4n) is 1.80. The number of hydrogen-bond donors (Lipinski definition) is 1. The fraction of sp³-hybridized carbons (Fsp3) is 0.462. The van der Waals surface area contributed by atoms with Gasteiger partial charge >= 0.3 is 5.97 Å². The second-order valence-corrected chi connectivity index (χ2v) is 4.82. The lowest BCUT2D eigenvalue weighted by Gasteiger charge is -2.26. The third kappa shape index (κ3) is 4.23. The van der Waals surface area contributed by atoms with Gasteiger partial charge in [-0.2, -0.15) is 0 Å². The Bertz CT molecular complexity index is 571. The van der Waals surface area contributed by atoms with E-state index in [0.717, 1.165) is 6.20 Å². The summed E-state index contributed by atoms with van der Waals surface area (Å²) < 4.78 is 0. The van der Waals surface area contributed by atoms with Crippen LogP contribution in [0.3, 0.4) is 0 Å². The summed E-state index contributed by atoms with van der Waals surface area (Å²) >= 11 is 0. The molecule has 1 rings (SSSR count). The zero-order valence-corrected chi connectivity index (χ0v) is 12.1. The SMILES string of the molecule is Cc1ncc([N+](=O)[O-])cc1C(=O)N(CCC(=O)O)C(C)C. The Balaban J connectivity index is 3.11. The minimum absolute atomic E-state index is 0.0357. The summed E-state index contributed by atoms with van der Waals surface area (Å²) in [4.78, 5) is 38.5. The van der Waals surface area contributed by atoms with Crippen LogP contribution < -0.4 is 0 Å². The van der Waals surface area contributed by atoms with Crippen molar-refractivity contribution in [3.63, 3.8) is 0 Å². The largest absolute Gasteiger partial charge is 0.481 e. The Morgan fingerprint density at radius 1 is 1.48 bits per heavy atom. The number of aromatic nitrogens is 1. The van der Waals surface area contributed by atoms with E-state index in [0.29, 0.717) is 5.69 Å². The van der Waals surface area contributed by atoms with Crippen LogP contribution in [0.15, 0.2) is 12.3 Å². The average Bonchev–Trinajstić information content (AvgIpc) is 2.38. The molecule has 0 radical (unpaired) electrons. The fourth-order valence-corrected chi connectivity index (χ4v) is 1.80. The van der Waals surface area contributed by atoms with Crippen molar-refractivity contribution in [2.45, 2.75) is 33.2 Å². The van der Waals surface area contributed by atoms with Crippen LogP contribution in [0.25, 0.3) is 0 Å². The summed E-state index contributed by atoms with van der Waals surface area (Å²) in [6.45, 7) is 5.11. The molecule has 0 aliphatic carbocycles. The number of nitrogens with zero attached hydrogens (tertiary/aromatic N) is 3. The first-order valence-corrected chi connectivity index (χ1v) is 6.37. The molecule has 1 aromatic rings. The molecule has 1 aromatic heterocycles. The predicted molar refractivity (Wildman–Crippen MR) is 74.1 cm³/mol. The van der Waals surface area contributed by atoms with Crippen molar-refractivity contribution in [1.29, 1.82) is 0 Å². The average molecular weight is 295 g/mol. The van der Waals surface area contributed by atoms with Gasteiger partial charge in [-0.3, -0.25) is 24.7 Å². The van der Waals surface area contributed by atoms with Crippen LogP contribution in [-0.4, -0.2) is 44.4 Å². The summed E-state index contributed by atoms with van der Waals surface area (Å²) in [5.41, 5.74) is 0.209. The first-order valence-electron chi connectivity index (χ1n) is 6.37. The highest BCUT2D eigenvalue weighted by atomic mass is 16.6. The standard InChI is InChI=1S/C13H17N3O5/c1-8(2)15(5-4-12(17)18)13(19)11-6-10(16(20)21)7-14-9(11)3/h6-8H,4-5H2,1-3H3,(H,17,18). The maximum Gasteiger partial charge on any atom is 0.305 e. The van der Waals surface area contributed by atoms with Crippen LogP contribution in [0.4, 0.5) is 5.69 Å². The van der Waals surface area contributed by atoms with E-state index in [4.69, 9.17) is 5.11 Å². The molecule has 0 aromatic carbocycles. The minimum Gasteiger partial charge on any atom is -0.481 e. The number of aryl methyl sites for hydroxylation is 1. The van der Waals surface area contributed by atoms with E-state index in [1.165, 1.54) is 11.0 Å². The Kier molecular flexibility index (Phi) is 5.34. The van der Waals surface area contributed by atoms with Crippen LogP contribution in [0.2, 0.25) is 0 Å². The van der Waals surface area contributed by atoms with E-state index >= 15 is 0 Å². The molecule has 1 heterocycles. The van der Waals surface area contributed by atoms with Crippen molar-refractivity contribution in [1.82, 2.24) is 9.88 Å². The number of hydrogen-bond acceptors (Lipinski definition) is 5. The van der Waals surface area contributed by atoms with Crippen LogP contribution >= 0.6 is 0 Å². The van der Waals surface area contributed by atoms with Crippen molar-refractivity contribution in [3.8, 4) is 0 Å². The van der Waals surface area contributed by atoms with Gasteiger partial charge in [0.25, 0.3) is 11.6 Å². The van der Waals surface area contributed by atoms with Gasteiger partial charge in [-0.05, 0) is 20.8 Å². The van der Waals surface area contributed by atoms with Crippen molar-refractivity contribution < 1.29 is 19.6 Å². The topological polar surface area (TPSA) is 114 Å². The molecular weight excluding hydrogens is 278 g/mol. The molecule has 0 saturated heterocycles. The molecule has 1 amide bonds. The number of carboxylic acids is 1. The molecule has 0 aliphatic rings. The molecule has 0 bridgehead atoms. The van der Waals surface area contributed by atoms with Crippen LogP contribution in [0.1, 0.15) is 36.3 Å². The molecule has 0 spiro atoms. The molecule has 114 valence electrons. The highest BCUT2D eigenvalue weighted by molar-refractivity contribution is 5.96. The lowest BCUT2D eigenvalue weighted by Crippen LogP contribution is -2.39. The zero-order chi connectivity index (χ0) is 16.2. The normalized spacial score (nSPS) is 10.5. The molecule has 8 nitrogen and oxygen atoms in total. The Labute approximate surface area is 121 Å². The molecule has 0 aliphatic heterocycles. The maximum absolute atomic E-state index is 12.5. The Morgan fingerprint density at radius 3 is 2.57 bits per heavy atom. The number of carboxylic acid groups (broad SMARTS) is 1. The van der Waals surface area contributed by atoms with Crippen molar-refractivity contribution in [3.05, 3.63) is 33.6 Å². The summed E-state index contributed by atoms with van der Waals surface area (Å²) in [6, 6.07) is 0.941. The van der Waals surface area contributed by atoms with E-state index in [-0.39, 0.29) is 30.3 Å². The third-order valence-corrected chi connectivity index (χ3v) is 2.96. The predicted octanol–water partition coefficient (Wildman–Crippen LogP) is 1.62. The number of amides is 1. The van der Waals surface area contributed by atoms with Gasteiger partial charge in [-0.25, -0.2) is 0 Å². The number of pyridine rings is 1. The van der Waals surface area contributed by atoms with E-state index in [1.54, 1.807) is 20.8 Å². The van der Waals surface area contributed by atoms with Gasteiger partial charge in [-0.15, -0.1) is 0 Å². The maximum atomic E-state index is 12.5. The number of aliphatic carboxylic acids is 1. The van der Waals surface area contributed by atoms with Gasteiger partial charge in [-0.1, -0.05) is 0 Å². The Morgan fingerprint density at radius 2 is 2.10 bits per heavy atom. The summed E-state index contributed by atoms with van der Waals surface area (Å²) in [6.07, 6.45) is 0.897. The lowest BCUT2D eigenvalue weighted by atomic mass is 10.1. The molecule has 0 fully saturated rings. The Hall–Kier alpha value is -2.51. The quantitative estimate of drug-likeness (QED) is 0.630. The lowest BCUT2D eigenvalue weighted by molar-refractivity contribution is -0.385. The van der Waals surface area contributed by atoms with Crippen molar-refractivity contribution in [2.75, 3.05) is 6.54 Å². The first-order chi connectivity index (χ1) is 9.73. The van der Waals surface area contributed by atoms with Crippen molar-refractivity contribution in [2.24, 2.45) is 0 Å². The van der Waals surface area contributed by atoms with Gasteiger partial charge < -0.3 is 10.0 Å². The smallest absolute Gasteiger partial charge is 0.305 e. The minimum atomic E-state index is -1.01. The van der Waals surface area contributed by atoms with Crippen molar-refractivity contribution >= 4 is 17.6 Å². The van der Waals surface area contributed by atoms with E-state index in [1.807, 2.05) is 0 Å². The van der Waals surface area contributed by atoms with Crippen LogP contribution in [0, 0.1) is 17.0 Å². The molecule has 0 atom stereocenters. The highest BCUT2D eigenvalue weighted by Gasteiger charge is 2.23. The monoisotopic (exact) mass is 295 g/mol. The summed E-state index contributed by atoms with van der Waals surface area (Å²) in [5, 5.41) is 19.5. The van der Waals surface area contributed by atoms with Crippen LogP contribution in [0.5, 0.6) is 0 Å². The third-order valence-electron chi connectivity index (χ3n) is 2.96. The molecule has 8 heteroatoms. The second-order valence-electron chi connectivity index (χ2n) is 4.82. The first kappa shape index (κ1) is 16.5. The molecule has 21 heavy (non-hydrogen) atoms. The van der Waals surface area contributed by atoms with Gasteiger partial charge in [0.15, 0.2) is 0 Å². The molecular formula is C13H17N3O5. The summed E-state index contributed by atoms with van der Waals surface area (Å²) in [5.74, 6) is -1.47. The van der Waals surface area contributed by atoms with E-state index in [9.17, 15) is 19.7 Å². The van der Waals surface area contributed by atoms with Crippen LogP contribution in [-0.2, 0) is 4.79 Å². The number of carbonyl (C=O) groups is 2.